The Morgan fingerprint density at radius 3 is 2.61 bits per heavy atom. The zero-order chi connectivity index (χ0) is 17.2. The van der Waals surface area contributed by atoms with E-state index in [1.54, 1.807) is 17.0 Å². The zero-order valence-electron chi connectivity index (χ0n) is 13.3. The lowest BCUT2D eigenvalue weighted by Crippen LogP contribution is -2.39. The molecule has 0 saturated carbocycles. The van der Waals surface area contributed by atoms with Crippen LogP contribution in [0.2, 0.25) is 5.02 Å². The minimum absolute atomic E-state index is 0.0190. The Kier molecular flexibility index (Phi) is 4.94. The van der Waals surface area contributed by atoms with Gasteiger partial charge in [-0.05, 0) is 44.9 Å². The number of nitro groups is 1. The second kappa shape index (κ2) is 6.58. The number of amides is 1. The van der Waals surface area contributed by atoms with Gasteiger partial charge in [-0.1, -0.05) is 17.7 Å². The van der Waals surface area contributed by atoms with Gasteiger partial charge in [-0.25, -0.2) is 4.79 Å². The summed E-state index contributed by atoms with van der Waals surface area (Å²) in [5.41, 5.74) is 0.821. The Morgan fingerprint density at radius 2 is 2.09 bits per heavy atom. The van der Waals surface area contributed by atoms with Crippen molar-refractivity contribution in [3.8, 4) is 0 Å². The first kappa shape index (κ1) is 17.3. The quantitative estimate of drug-likeness (QED) is 0.596. The Morgan fingerprint density at radius 1 is 1.39 bits per heavy atom. The van der Waals surface area contributed by atoms with Crippen molar-refractivity contribution in [3.63, 3.8) is 0 Å². The summed E-state index contributed by atoms with van der Waals surface area (Å²) < 4.78 is 5.33. The van der Waals surface area contributed by atoms with Crippen molar-refractivity contribution in [1.82, 2.24) is 4.90 Å². The smallest absolute Gasteiger partial charge is 0.410 e. The van der Waals surface area contributed by atoms with E-state index in [9.17, 15) is 14.9 Å². The van der Waals surface area contributed by atoms with Crippen LogP contribution in [0.25, 0.3) is 5.57 Å². The molecule has 0 saturated heterocycles. The minimum atomic E-state index is -0.546. The zero-order valence-corrected chi connectivity index (χ0v) is 14.1. The average molecular weight is 339 g/mol. The summed E-state index contributed by atoms with van der Waals surface area (Å²) in [5.74, 6) is 0. The maximum absolute atomic E-state index is 12.0. The van der Waals surface area contributed by atoms with Crippen molar-refractivity contribution in [2.24, 2.45) is 0 Å². The monoisotopic (exact) mass is 338 g/mol. The first-order valence-electron chi connectivity index (χ1n) is 7.28. The lowest BCUT2D eigenvalue weighted by molar-refractivity contribution is -0.385. The molecule has 0 unspecified atom stereocenters. The number of rotatable bonds is 2. The van der Waals surface area contributed by atoms with E-state index in [4.69, 9.17) is 16.3 Å². The summed E-state index contributed by atoms with van der Waals surface area (Å²) in [6, 6.07) is 4.62. The Labute approximate surface area is 139 Å². The van der Waals surface area contributed by atoms with E-state index >= 15 is 0 Å². The molecular formula is C16H19ClN2O4. The van der Waals surface area contributed by atoms with Crippen molar-refractivity contribution in [2.75, 3.05) is 13.1 Å². The fraction of sp³-hybridized carbons (Fsp3) is 0.438. The highest BCUT2D eigenvalue weighted by Gasteiger charge is 2.26. The highest BCUT2D eigenvalue weighted by molar-refractivity contribution is 6.30. The Balaban J connectivity index is 2.17. The second-order valence-electron chi connectivity index (χ2n) is 6.32. The highest BCUT2D eigenvalue weighted by Crippen LogP contribution is 2.32. The van der Waals surface area contributed by atoms with E-state index in [2.05, 4.69) is 0 Å². The normalized spacial score (nSPS) is 15.1. The minimum Gasteiger partial charge on any atom is -0.444 e. The molecule has 7 heteroatoms. The van der Waals surface area contributed by atoms with Gasteiger partial charge in [0.15, 0.2) is 0 Å². The molecule has 6 nitrogen and oxygen atoms in total. The van der Waals surface area contributed by atoms with Crippen molar-refractivity contribution >= 4 is 29.0 Å². The molecule has 124 valence electrons. The number of carbonyl (C=O) groups excluding carboxylic acids is 1. The van der Waals surface area contributed by atoms with E-state index in [1.165, 1.54) is 6.07 Å². The van der Waals surface area contributed by atoms with Crippen LogP contribution in [0.5, 0.6) is 0 Å². The lowest BCUT2D eigenvalue weighted by atomic mass is 9.98. The second-order valence-corrected chi connectivity index (χ2v) is 6.76. The van der Waals surface area contributed by atoms with Crippen LogP contribution in [0, 0.1) is 10.1 Å². The molecule has 0 fully saturated rings. The van der Waals surface area contributed by atoms with E-state index in [0.29, 0.717) is 30.1 Å². The number of benzene rings is 1. The first-order chi connectivity index (χ1) is 10.7. The van der Waals surface area contributed by atoms with Gasteiger partial charge in [0.05, 0.1) is 10.5 Å². The molecule has 23 heavy (non-hydrogen) atoms. The Hall–Kier alpha value is -2.08. The number of carbonyl (C=O) groups is 1. The van der Waals surface area contributed by atoms with Crippen LogP contribution < -0.4 is 0 Å². The molecule has 0 bridgehead atoms. The first-order valence-corrected chi connectivity index (χ1v) is 7.66. The van der Waals surface area contributed by atoms with Crippen molar-refractivity contribution in [1.29, 1.82) is 0 Å². The van der Waals surface area contributed by atoms with E-state index in [0.717, 1.165) is 5.57 Å². The van der Waals surface area contributed by atoms with Crippen LogP contribution in [0.4, 0.5) is 10.5 Å². The molecule has 1 aliphatic rings. The van der Waals surface area contributed by atoms with Crippen LogP contribution in [0.3, 0.4) is 0 Å². The standard InChI is InChI=1S/C16H19ClN2O4/c1-16(2,3)23-15(20)18-8-6-11(7-9-18)13-5-4-12(17)10-14(13)19(21)22/h4-6,10H,7-9H2,1-3H3. The molecular weight excluding hydrogens is 320 g/mol. The maximum atomic E-state index is 12.0. The lowest BCUT2D eigenvalue weighted by Gasteiger charge is -2.29. The van der Waals surface area contributed by atoms with Crippen molar-refractivity contribution in [3.05, 3.63) is 45.0 Å². The molecule has 2 rings (SSSR count). The third kappa shape index (κ3) is 4.45. The maximum Gasteiger partial charge on any atom is 0.410 e. The molecule has 0 aliphatic carbocycles. The number of halogens is 1. The number of ether oxygens (including phenoxy) is 1. The molecule has 1 heterocycles. The summed E-state index contributed by atoms with van der Waals surface area (Å²) in [7, 11) is 0. The number of hydrogen-bond donors (Lipinski definition) is 0. The van der Waals surface area contributed by atoms with Crippen LogP contribution >= 0.6 is 11.6 Å². The van der Waals surface area contributed by atoms with Gasteiger partial charge in [-0.2, -0.15) is 0 Å². The van der Waals surface area contributed by atoms with Gasteiger partial charge < -0.3 is 9.64 Å². The van der Waals surface area contributed by atoms with Gasteiger partial charge in [0, 0.05) is 24.2 Å². The van der Waals surface area contributed by atoms with Gasteiger partial charge >= 0.3 is 6.09 Å². The Bertz CT molecular complexity index is 665. The SMILES string of the molecule is CC(C)(C)OC(=O)N1CC=C(c2ccc(Cl)cc2[N+](=O)[O-])CC1. The number of nitrogens with zero attached hydrogens (tertiary/aromatic N) is 2. The van der Waals surface area contributed by atoms with E-state index in [1.807, 2.05) is 26.8 Å². The number of nitro benzene ring substituents is 1. The van der Waals surface area contributed by atoms with Gasteiger partial charge in [-0.3, -0.25) is 10.1 Å². The third-order valence-corrected chi connectivity index (χ3v) is 3.60. The van der Waals surface area contributed by atoms with Crippen LogP contribution in [-0.2, 0) is 4.74 Å². The van der Waals surface area contributed by atoms with Crippen molar-refractivity contribution < 1.29 is 14.5 Å². The largest absolute Gasteiger partial charge is 0.444 e. The van der Waals surface area contributed by atoms with Gasteiger partial charge in [-0.15, -0.1) is 0 Å². The molecule has 1 aliphatic heterocycles. The summed E-state index contributed by atoms with van der Waals surface area (Å²) in [5, 5.41) is 11.5. The topological polar surface area (TPSA) is 72.7 Å². The predicted octanol–water partition coefficient (Wildman–Crippen LogP) is 4.27. The summed E-state index contributed by atoms with van der Waals surface area (Å²) >= 11 is 5.83. The average Bonchev–Trinajstić information content (AvgIpc) is 2.45. The van der Waals surface area contributed by atoms with Crippen molar-refractivity contribution in [2.45, 2.75) is 32.8 Å². The molecule has 0 aromatic heterocycles. The molecule has 0 spiro atoms. The molecule has 0 radical (unpaired) electrons. The third-order valence-electron chi connectivity index (χ3n) is 3.36. The van der Waals surface area contributed by atoms with E-state index < -0.39 is 10.5 Å². The highest BCUT2D eigenvalue weighted by atomic mass is 35.5. The molecule has 1 amide bonds. The fourth-order valence-electron chi connectivity index (χ4n) is 2.33. The van der Waals surface area contributed by atoms with Crippen LogP contribution in [0.15, 0.2) is 24.3 Å². The van der Waals surface area contributed by atoms with Gasteiger partial charge in [0.25, 0.3) is 5.69 Å². The fourth-order valence-corrected chi connectivity index (χ4v) is 2.50. The van der Waals surface area contributed by atoms with Gasteiger partial charge in [0.2, 0.25) is 0 Å². The molecule has 1 aromatic rings. The summed E-state index contributed by atoms with van der Waals surface area (Å²) in [6.07, 6.45) is 1.98. The van der Waals surface area contributed by atoms with Crippen LogP contribution in [-0.4, -0.2) is 34.6 Å². The van der Waals surface area contributed by atoms with Gasteiger partial charge in [0.1, 0.15) is 5.60 Å². The molecule has 1 aromatic carbocycles. The number of hydrogen-bond acceptors (Lipinski definition) is 4. The van der Waals surface area contributed by atoms with Crippen LogP contribution in [0.1, 0.15) is 32.8 Å². The molecule has 0 N–H and O–H groups in total. The van der Waals surface area contributed by atoms with E-state index in [-0.39, 0.29) is 11.8 Å². The summed E-state index contributed by atoms with van der Waals surface area (Å²) in [6.45, 7) is 6.26. The molecule has 0 atom stereocenters. The summed E-state index contributed by atoms with van der Waals surface area (Å²) in [4.78, 5) is 24.3. The predicted molar refractivity (Wildman–Crippen MR) is 88.5 cm³/mol.